The summed E-state index contributed by atoms with van der Waals surface area (Å²) in [5.41, 5.74) is 9.54. The van der Waals surface area contributed by atoms with E-state index in [0.29, 0.717) is 0 Å². The minimum absolute atomic E-state index is 0.142. The molecule has 3 aromatic carbocycles. The number of nitrogens with zero attached hydrogens (tertiary/aromatic N) is 2. The lowest BCUT2D eigenvalue weighted by Gasteiger charge is -2.28. The summed E-state index contributed by atoms with van der Waals surface area (Å²) in [6.07, 6.45) is 2.30. The summed E-state index contributed by atoms with van der Waals surface area (Å²) in [5, 5.41) is 2.23. The first-order valence-electron chi connectivity index (χ1n) is 8.88. The molecule has 130 valence electrons. The van der Waals surface area contributed by atoms with Crippen molar-refractivity contribution in [3.8, 4) is 0 Å². The molecule has 3 heteroatoms. The van der Waals surface area contributed by atoms with Gasteiger partial charge in [0, 0.05) is 19.8 Å². The number of anilines is 2. The smallest absolute Gasteiger partial charge is 0.0958 e. The van der Waals surface area contributed by atoms with Crippen LogP contribution in [-0.4, -0.2) is 14.1 Å². The van der Waals surface area contributed by atoms with E-state index in [0.717, 1.165) is 11.4 Å². The van der Waals surface area contributed by atoms with E-state index < -0.39 is 0 Å². The van der Waals surface area contributed by atoms with Gasteiger partial charge in [-0.15, -0.1) is 0 Å². The van der Waals surface area contributed by atoms with Gasteiger partial charge in [-0.2, -0.15) is 0 Å². The van der Waals surface area contributed by atoms with Crippen molar-refractivity contribution in [2.24, 2.45) is 0 Å². The molecule has 0 bridgehead atoms. The molecule has 0 fully saturated rings. The summed E-state index contributed by atoms with van der Waals surface area (Å²) in [4.78, 5) is 2.12. The molecule has 0 aliphatic carbocycles. The second-order valence-electron chi connectivity index (χ2n) is 6.69. The van der Waals surface area contributed by atoms with Crippen molar-refractivity contribution in [3.63, 3.8) is 0 Å². The topological polar surface area (TPSA) is 18.5 Å². The van der Waals surface area contributed by atoms with E-state index in [1.165, 1.54) is 16.8 Å². The zero-order chi connectivity index (χ0) is 17.9. The van der Waals surface area contributed by atoms with Crippen LogP contribution in [-0.2, 0) is 0 Å². The van der Waals surface area contributed by atoms with E-state index in [1.807, 2.05) is 12.1 Å². The molecular weight excluding hydrogens is 318 g/mol. The number of rotatable bonds is 4. The average molecular weight is 341 g/mol. The van der Waals surface area contributed by atoms with Crippen molar-refractivity contribution in [1.82, 2.24) is 5.43 Å². The quantitative estimate of drug-likeness (QED) is 0.731. The third-order valence-corrected chi connectivity index (χ3v) is 4.71. The Morgan fingerprint density at radius 2 is 1.38 bits per heavy atom. The minimum atomic E-state index is 0.142. The molecule has 0 saturated carbocycles. The van der Waals surface area contributed by atoms with Gasteiger partial charge in [0.15, 0.2) is 0 Å². The molecule has 1 aliphatic heterocycles. The van der Waals surface area contributed by atoms with Crippen LogP contribution >= 0.6 is 0 Å². The summed E-state index contributed by atoms with van der Waals surface area (Å²) in [6, 6.07) is 29.8. The van der Waals surface area contributed by atoms with E-state index in [-0.39, 0.29) is 6.04 Å². The standard InChI is InChI=1S/C23H23N3/c1-25(2)20-15-13-19(14-16-20)23-17-22(18-9-5-3-6-10-18)24-26(23)21-11-7-4-8-12-21/h3-17,23-24H,1-2H3. The van der Waals surface area contributed by atoms with Gasteiger partial charge in [-0.3, -0.25) is 10.4 Å². The van der Waals surface area contributed by atoms with Crippen molar-refractivity contribution < 1.29 is 0 Å². The Bertz CT molecular complexity index is 884. The Balaban J connectivity index is 1.72. The Labute approximate surface area is 155 Å². The third kappa shape index (κ3) is 3.16. The molecule has 1 atom stereocenters. The van der Waals surface area contributed by atoms with Crippen LogP contribution in [0, 0.1) is 0 Å². The number of para-hydroxylation sites is 1. The lowest BCUT2D eigenvalue weighted by Crippen LogP contribution is -2.33. The second kappa shape index (κ2) is 6.96. The van der Waals surface area contributed by atoms with Crippen LogP contribution in [0.2, 0.25) is 0 Å². The van der Waals surface area contributed by atoms with Crippen LogP contribution in [0.1, 0.15) is 17.2 Å². The van der Waals surface area contributed by atoms with Crippen molar-refractivity contribution in [2.75, 3.05) is 24.0 Å². The van der Waals surface area contributed by atoms with Gasteiger partial charge in [-0.25, -0.2) is 0 Å². The maximum Gasteiger partial charge on any atom is 0.0958 e. The maximum absolute atomic E-state index is 3.59. The Hall–Kier alpha value is -3.20. The SMILES string of the molecule is CN(C)c1ccc(C2C=C(c3ccccc3)NN2c2ccccc2)cc1. The van der Waals surface area contributed by atoms with Crippen LogP contribution < -0.4 is 15.3 Å². The third-order valence-electron chi connectivity index (χ3n) is 4.71. The van der Waals surface area contributed by atoms with Crippen molar-refractivity contribution >= 4 is 17.1 Å². The number of nitrogens with one attached hydrogen (secondary N) is 1. The molecule has 0 saturated heterocycles. The fraction of sp³-hybridized carbons (Fsp3) is 0.130. The highest BCUT2D eigenvalue weighted by atomic mass is 15.5. The van der Waals surface area contributed by atoms with Crippen LogP contribution in [0.15, 0.2) is 91.0 Å². The molecule has 0 radical (unpaired) electrons. The molecule has 1 heterocycles. The van der Waals surface area contributed by atoms with Gasteiger partial charge in [0.25, 0.3) is 0 Å². The van der Waals surface area contributed by atoms with E-state index in [4.69, 9.17) is 0 Å². The predicted octanol–water partition coefficient (Wildman–Crippen LogP) is 4.86. The second-order valence-corrected chi connectivity index (χ2v) is 6.69. The van der Waals surface area contributed by atoms with E-state index >= 15 is 0 Å². The molecule has 0 spiro atoms. The van der Waals surface area contributed by atoms with E-state index in [1.54, 1.807) is 0 Å². The molecule has 26 heavy (non-hydrogen) atoms. The molecule has 1 N–H and O–H groups in total. The van der Waals surface area contributed by atoms with Gasteiger partial charge >= 0.3 is 0 Å². The first-order valence-corrected chi connectivity index (χ1v) is 8.88. The Morgan fingerprint density at radius 1 is 0.769 bits per heavy atom. The molecule has 3 nitrogen and oxygen atoms in total. The fourth-order valence-electron chi connectivity index (χ4n) is 3.28. The normalized spacial score (nSPS) is 16.2. The summed E-state index contributed by atoms with van der Waals surface area (Å²) >= 11 is 0. The molecule has 3 aromatic rings. The largest absolute Gasteiger partial charge is 0.378 e. The lowest BCUT2D eigenvalue weighted by molar-refractivity contribution is 0.724. The van der Waals surface area contributed by atoms with Crippen LogP contribution in [0.25, 0.3) is 5.70 Å². The lowest BCUT2D eigenvalue weighted by atomic mass is 10.0. The van der Waals surface area contributed by atoms with Gasteiger partial charge in [-0.1, -0.05) is 60.7 Å². The van der Waals surface area contributed by atoms with Crippen LogP contribution in [0.5, 0.6) is 0 Å². The summed E-state index contributed by atoms with van der Waals surface area (Å²) in [7, 11) is 4.13. The minimum Gasteiger partial charge on any atom is -0.378 e. The molecule has 0 aromatic heterocycles. The molecule has 1 aliphatic rings. The highest BCUT2D eigenvalue weighted by Crippen LogP contribution is 2.35. The predicted molar refractivity (Wildman–Crippen MR) is 110 cm³/mol. The summed E-state index contributed by atoms with van der Waals surface area (Å²) < 4.78 is 0. The number of benzene rings is 3. The van der Waals surface area contributed by atoms with Gasteiger partial charge in [0.05, 0.1) is 17.4 Å². The van der Waals surface area contributed by atoms with Crippen LogP contribution in [0.4, 0.5) is 11.4 Å². The zero-order valence-electron chi connectivity index (χ0n) is 15.1. The molecule has 0 amide bonds. The van der Waals surface area contributed by atoms with Gasteiger partial charge in [0.1, 0.15) is 0 Å². The highest BCUT2D eigenvalue weighted by Gasteiger charge is 2.27. The monoisotopic (exact) mass is 341 g/mol. The number of hydrazine groups is 1. The average Bonchev–Trinajstić information content (AvgIpc) is 3.15. The highest BCUT2D eigenvalue weighted by molar-refractivity contribution is 5.72. The Kier molecular flexibility index (Phi) is 4.36. The molecule has 4 rings (SSSR count). The van der Waals surface area contributed by atoms with Crippen molar-refractivity contribution in [1.29, 1.82) is 0 Å². The fourth-order valence-corrected chi connectivity index (χ4v) is 3.28. The maximum atomic E-state index is 3.59. The summed E-state index contributed by atoms with van der Waals surface area (Å²) in [6.45, 7) is 0. The van der Waals surface area contributed by atoms with Crippen LogP contribution in [0.3, 0.4) is 0 Å². The Morgan fingerprint density at radius 3 is 2.00 bits per heavy atom. The first kappa shape index (κ1) is 16.3. The van der Waals surface area contributed by atoms with E-state index in [2.05, 4.69) is 108 Å². The van der Waals surface area contributed by atoms with Crippen molar-refractivity contribution in [3.05, 3.63) is 102 Å². The van der Waals surface area contributed by atoms with Gasteiger partial charge in [0.2, 0.25) is 0 Å². The van der Waals surface area contributed by atoms with Crippen molar-refractivity contribution in [2.45, 2.75) is 6.04 Å². The van der Waals surface area contributed by atoms with Gasteiger partial charge < -0.3 is 4.90 Å². The first-order chi connectivity index (χ1) is 12.7. The zero-order valence-corrected chi connectivity index (χ0v) is 15.1. The molecular formula is C23H23N3. The number of hydrogen-bond acceptors (Lipinski definition) is 3. The van der Waals surface area contributed by atoms with Gasteiger partial charge in [-0.05, 0) is 41.5 Å². The van der Waals surface area contributed by atoms with E-state index in [9.17, 15) is 0 Å². The summed E-state index contributed by atoms with van der Waals surface area (Å²) in [5.74, 6) is 0. The number of hydrogen-bond donors (Lipinski definition) is 1. The molecule has 1 unspecified atom stereocenters.